The van der Waals surface area contributed by atoms with Gasteiger partial charge in [-0.25, -0.2) is 9.18 Å². The molecule has 2 aliphatic heterocycles. The van der Waals surface area contributed by atoms with Crippen molar-refractivity contribution in [2.24, 2.45) is 0 Å². The number of carboxylic acids is 1. The van der Waals surface area contributed by atoms with Crippen LogP contribution in [0.4, 0.5) is 10.1 Å². The highest BCUT2D eigenvalue weighted by Gasteiger charge is 2.30. The van der Waals surface area contributed by atoms with Gasteiger partial charge in [-0.05, 0) is 20.0 Å². The van der Waals surface area contributed by atoms with Gasteiger partial charge in [-0.15, -0.1) is 0 Å². The molecule has 2 aromatic rings. The maximum atomic E-state index is 15.6. The number of carbonyl (C=O) groups is 1. The zero-order chi connectivity index (χ0) is 25.8. The molecule has 1 N–H and O–H groups in total. The summed E-state index contributed by atoms with van der Waals surface area (Å²) in [5.74, 6) is -3.48. The number of benzene rings is 1. The number of hydrogen-bond acceptors (Lipinski definition) is 5. The highest BCUT2D eigenvalue weighted by Crippen LogP contribution is 2.42. The van der Waals surface area contributed by atoms with E-state index in [1.807, 2.05) is 0 Å². The molecule has 1 fully saturated rings. The van der Waals surface area contributed by atoms with Gasteiger partial charge in [0.2, 0.25) is 5.43 Å². The number of aromatic nitrogens is 1. The van der Waals surface area contributed by atoms with E-state index in [2.05, 4.69) is 0 Å². The minimum Gasteiger partial charge on any atom is -0.487 e. The van der Waals surface area contributed by atoms with E-state index in [4.69, 9.17) is 15.7 Å². The number of aromatic carboxylic acids is 1. The Kier molecular flexibility index (Phi) is 2.28. The molecular weight excluding hydrogens is 341 g/mol. The Bertz CT molecular complexity index is 1270. The van der Waals surface area contributed by atoms with Crippen molar-refractivity contribution in [3.63, 3.8) is 0 Å². The zero-order valence-corrected chi connectivity index (χ0v) is 13.8. The first kappa shape index (κ1) is 9.91. The first-order valence-corrected chi connectivity index (χ1v) is 7.72. The number of pyridine rings is 1. The Balaban J connectivity index is 2.16. The van der Waals surface area contributed by atoms with Crippen LogP contribution in [0.15, 0.2) is 17.1 Å². The average Bonchev–Trinajstić information content (AvgIpc) is 2.71. The normalized spacial score (nSPS) is 32.6. The average molecular weight is 369 g/mol. The summed E-state index contributed by atoms with van der Waals surface area (Å²) in [6.45, 7) is -11.5. The van der Waals surface area contributed by atoms with E-state index < -0.39 is 71.6 Å². The van der Waals surface area contributed by atoms with Crippen LogP contribution in [-0.4, -0.2) is 60.2 Å². The Labute approximate surface area is 160 Å². The molecule has 0 saturated carbocycles. The molecule has 8 heteroatoms. The van der Waals surface area contributed by atoms with Gasteiger partial charge < -0.3 is 24.2 Å². The van der Waals surface area contributed by atoms with Gasteiger partial charge in [-0.2, -0.15) is 0 Å². The molecule has 4 rings (SSSR count). The molecule has 0 unspecified atom stereocenters. The number of carboxylic acid groups (broad SMARTS) is 1. The monoisotopic (exact) mass is 369 g/mol. The third-order valence-electron chi connectivity index (χ3n) is 4.25. The number of hydrogen-bond donors (Lipinski definition) is 1. The fourth-order valence-electron chi connectivity index (χ4n) is 2.99. The largest absolute Gasteiger partial charge is 0.487 e. The molecule has 0 radical (unpaired) electrons. The smallest absolute Gasteiger partial charge is 0.341 e. The number of halogens is 1. The lowest BCUT2D eigenvalue weighted by atomic mass is 10.1. The Hall–Kier alpha value is -2.61. The summed E-state index contributed by atoms with van der Waals surface area (Å²) >= 11 is 0. The number of rotatable bonds is 2. The van der Waals surface area contributed by atoms with E-state index in [1.165, 1.54) is 4.57 Å². The maximum Gasteiger partial charge on any atom is 0.341 e. The highest BCUT2D eigenvalue weighted by molar-refractivity contribution is 5.97. The van der Waals surface area contributed by atoms with E-state index in [9.17, 15) is 14.7 Å². The van der Waals surface area contributed by atoms with Gasteiger partial charge in [0, 0.05) is 37.7 Å². The minimum absolute atomic E-state index is 0.0278. The molecule has 1 aromatic carbocycles. The van der Waals surface area contributed by atoms with Crippen molar-refractivity contribution in [3.8, 4) is 5.75 Å². The van der Waals surface area contributed by atoms with Crippen LogP contribution in [0, 0.1) is 5.82 Å². The van der Waals surface area contributed by atoms with Gasteiger partial charge >= 0.3 is 5.97 Å². The van der Waals surface area contributed by atoms with Crippen LogP contribution in [-0.2, 0) is 0 Å². The van der Waals surface area contributed by atoms with Crippen LogP contribution in [0.2, 0.25) is 0 Å². The molecule has 0 spiro atoms. The lowest BCUT2D eigenvalue weighted by molar-refractivity contribution is 0.0694. The summed E-state index contributed by atoms with van der Waals surface area (Å²) in [7, 11) is 0.872. The fraction of sp³-hybridized carbons (Fsp3) is 0.444. The molecule has 1 aromatic heterocycles. The molecule has 0 amide bonds. The van der Waals surface area contributed by atoms with Gasteiger partial charge in [0.15, 0.2) is 11.6 Å². The zero-order valence-electron chi connectivity index (χ0n) is 21.8. The second-order valence-electron chi connectivity index (χ2n) is 6.02. The van der Waals surface area contributed by atoms with Crippen molar-refractivity contribution in [2.45, 2.75) is 13.0 Å². The van der Waals surface area contributed by atoms with E-state index in [-0.39, 0.29) is 21.9 Å². The van der Waals surface area contributed by atoms with Gasteiger partial charge in [-0.3, -0.25) is 4.79 Å². The van der Waals surface area contributed by atoms with Crippen LogP contribution in [0.3, 0.4) is 0 Å². The van der Waals surface area contributed by atoms with Gasteiger partial charge in [0.25, 0.3) is 0 Å². The van der Waals surface area contributed by atoms with E-state index in [0.717, 1.165) is 13.2 Å². The summed E-state index contributed by atoms with van der Waals surface area (Å²) in [4.78, 5) is 24.6. The topological polar surface area (TPSA) is 75.0 Å². The first-order chi connectivity index (χ1) is 15.4. The standard InChI is InChI=1S/C18H20FN3O4/c1-10-9-26-17-14-11(16(23)12(18(24)25)8-22(10)14)7-13(19)15(17)21-5-3-20(2)4-6-21/h7-8,10H,3-6,9H2,1-2H3,(H,24,25)/t10-/m1/s1/i3D2,4D2,5D2,6D2. The number of piperazine rings is 1. The number of likely N-dealkylation sites (N-methyl/N-ethyl adjacent to an activating group) is 1. The SMILES string of the molecule is [2H]C1([2H])N(C)C([2H])([2H])C([2H])([2H])N(c2c(F)cc3c(=O)c(C(=O)O)cn4c3c2OC[C@H]4C)C1([2H])[2H]. The van der Waals surface area contributed by atoms with Gasteiger partial charge in [0.1, 0.15) is 17.9 Å². The molecule has 0 aliphatic carbocycles. The van der Waals surface area contributed by atoms with Crippen molar-refractivity contribution >= 4 is 22.6 Å². The van der Waals surface area contributed by atoms with E-state index in [0.29, 0.717) is 6.07 Å². The van der Waals surface area contributed by atoms with Crippen LogP contribution in [0.1, 0.15) is 34.3 Å². The van der Waals surface area contributed by atoms with E-state index >= 15 is 4.39 Å². The predicted octanol–water partition coefficient (Wildman–Crippen LogP) is 1.54. The summed E-state index contributed by atoms with van der Waals surface area (Å²) < 4.78 is 88.9. The maximum absolute atomic E-state index is 15.6. The third kappa shape index (κ3) is 2.44. The Morgan fingerprint density at radius 3 is 2.73 bits per heavy atom. The lowest BCUT2D eigenvalue weighted by Gasteiger charge is -2.37. The third-order valence-corrected chi connectivity index (χ3v) is 4.25. The van der Waals surface area contributed by atoms with Crippen molar-refractivity contribution in [2.75, 3.05) is 44.5 Å². The summed E-state index contributed by atoms with van der Waals surface area (Å²) in [5, 5.41) is 8.98. The molecule has 0 bridgehead atoms. The number of ether oxygens (including phenoxy) is 1. The lowest BCUT2D eigenvalue weighted by Crippen LogP contribution is -2.45. The van der Waals surface area contributed by atoms with Crippen LogP contribution >= 0.6 is 0 Å². The van der Waals surface area contributed by atoms with Crippen molar-refractivity contribution in [1.82, 2.24) is 9.47 Å². The molecule has 1 atom stereocenters. The molecule has 1 saturated heterocycles. The predicted molar refractivity (Wildman–Crippen MR) is 95.0 cm³/mol. The number of nitrogens with zero attached hydrogens (tertiary/aromatic N) is 3. The van der Waals surface area contributed by atoms with Crippen molar-refractivity contribution < 1.29 is 30.0 Å². The fourth-order valence-corrected chi connectivity index (χ4v) is 2.99. The van der Waals surface area contributed by atoms with Crippen molar-refractivity contribution in [3.05, 3.63) is 33.9 Å². The minimum atomic E-state index is -3.33. The molecular formula is C18H20FN3O4. The second kappa shape index (κ2) is 5.98. The van der Waals surface area contributed by atoms with Crippen LogP contribution < -0.4 is 15.1 Å². The van der Waals surface area contributed by atoms with Gasteiger partial charge in [0.05, 0.1) is 22.4 Å². The van der Waals surface area contributed by atoms with E-state index in [1.54, 1.807) is 6.92 Å². The second-order valence-corrected chi connectivity index (χ2v) is 6.02. The number of anilines is 1. The Morgan fingerprint density at radius 1 is 1.38 bits per heavy atom. The van der Waals surface area contributed by atoms with Crippen LogP contribution in [0.5, 0.6) is 5.75 Å². The Morgan fingerprint density at radius 2 is 2.08 bits per heavy atom. The van der Waals surface area contributed by atoms with Crippen molar-refractivity contribution in [1.29, 1.82) is 0 Å². The first-order valence-electron chi connectivity index (χ1n) is 11.7. The quantitative estimate of drug-likeness (QED) is 0.866. The highest BCUT2D eigenvalue weighted by atomic mass is 19.1. The molecule has 3 heterocycles. The molecule has 2 aliphatic rings. The summed E-state index contributed by atoms with van der Waals surface area (Å²) in [5.41, 5.74) is -2.75. The van der Waals surface area contributed by atoms with Gasteiger partial charge in [-0.1, -0.05) is 0 Å². The summed E-state index contributed by atoms with van der Waals surface area (Å²) in [6.07, 6.45) is 1.02. The summed E-state index contributed by atoms with van der Waals surface area (Å²) in [6, 6.07) is 0.0575. The molecule has 7 nitrogen and oxygen atoms in total. The molecule has 138 valence electrons. The molecule has 26 heavy (non-hydrogen) atoms. The van der Waals surface area contributed by atoms with Crippen LogP contribution in [0.25, 0.3) is 10.9 Å².